The third-order valence-electron chi connectivity index (χ3n) is 2.91. The van der Waals surface area contributed by atoms with Gasteiger partial charge in [-0.25, -0.2) is 13.2 Å². The fourth-order valence-electron chi connectivity index (χ4n) is 1.82. The second kappa shape index (κ2) is 5.58. The molecule has 0 spiro atoms. The van der Waals surface area contributed by atoms with Crippen molar-refractivity contribution in [2.45, 2.75) is 11.4 Å². The zero-order valence-corrected chi connectivity index (χ0v) is 12.0. The van der Waals surface area contributed by atoms with Crippen molar-refractivity contribution in [3.8, 4) is 5.75 Å². The van der Waals surface area contributed by atoms with Gasteiger partial charge >= 0.3 is 5.97 Å². The van der Waals surface area contributed by atoms with E-state index in [1.54, 1.807) is 12.1 Å². The van der Waals surface area contributed by atoms with E-state index in [2.05, 4.69) is 4.98 Å². The summed E-state index contributed by atoms with van der Waals surface area (Å²) in [6.45, 7) is 0.0598. The van der Waals surface area contributed by atoms with Crippen LogP contribution in [-0.4, -0.2) is 40.9 Å². The Bertz CT molecular complexity index is 766. The Kier molecular flexibility index (Phi) is 4.01. The van der Waals surface area contributed by atoms with Gasteiger partial charge in [-0.3, -0.25) is 0 Å². The fourth-order valence-corrected chi connectivity index (χ4v) is 2.98. The van der Waals surface area contributed by atoms with Gasteiger partial charge in [0.05, 0.1) is 0 Å². The van der Waals surface area contributed by atoms with Crippen LogP contribution in [0.15, 0.2) is 41.4 Å². The highest BCUT2D eigenvalue weighted by atomic mass is 32.2. The number of phenols is 1. The Balaban J connectivity index is 2.23. The number of carboxylic acid groups (broad SMARTS) is 1. The van der Waals surface area contributed by atoms with Crippen molar-refractivity contribution in [2.75, 3.05) is 7.05 Å². The average Bonchev–Trinajstić information content (AvgIpc) is 2.89. The lowest BCUT2D eigenvalue weighted by molar-refractivity contribution is 0.0691. The number of aromatic hydroxyl groups is 1. The summed E-state index contributed by atoms with van der Waals surface area (Å²) in [5.41, 5.74) is 0.425. The number of benzene rings is 1. The number of rotatable bonds is 5. The number of nitrogens with zero attached hydrogens (tertiary/aromatic N) is 1. The molecule has 0 aliphatic carbocycles. The predicted molar refractivity (Wildman–Crippen MR) is 74.5 cm³/mol. The molecule has 3 N–H and O–H groups in total. The molecule has 8 heteroatoms. The van der Waals surface area contributed by atoms with E-state index in [9.17, 15) is 18.3 Å². The van der Waals surface area contributed by atoms with Gasteiger partial charge in [-0.15, -0.1) is 0 Å². The molecular weight excluding hydrogens is 296 g/mol. The number of sulfonamides is 1. The number of carbonyl (C=O) groups is 1. The molecule has 0 radical (unpaired) electrons. The second-order valence-electron chi connectivity index (χ2n) is 4.49. The molecule has 21 heavy (non-hydrogen) atoms. The second-order valence-corrected chi connectivity index (χ2v) is 6.53. The standard InChI is InChI=1S/C13H14N2O5S/c1-15(8-9-3-2-4-10(16)5-9)21(19,20)11-6-12(13(17)18)14-7-11/h2-7,14,16H,8H2,1H3,(H,17,18). The van der Waals surface area contributed by atoms with Gasteiger partial charge in [0.25, 0.3) is 0 Å². The first-order valence-electron chi connectivity index (χ1n) is 5.96. The van der Waals surface area contributed by atoms with Crippen LogP contribution in [0.3, 0.4) is 0 Å². The first-order chi connectivity index (χ1) is 9.80. The molecule has 0 saturated heterocycles. The van der Waals surface area contributed by atoms with E-state index in [1.807, 2.05) is 0 Å². The van der Waals surface area contributed by atoms with Gasteiger partial charge in [-0.05, 0) is 23.8 Å². The SMILES string of the molecule is CN(Cc1cccc(O)c1)S(=O)(=O)c1c[nH]c(C(=O)O)c1. The molecule has 0 fully saturated rings. The number of hydrogen-bond donors (Lipinski definition) is 3. The molecule has 1 aromatic carbocycles. The summed E-state index contributed by atoms with van der Waals surface area (Å²) < 4.78 is 25.7. The highest BCUT2D eigenvalue weighted by molar-refractivity contribution is 7.89. The van der Waals surface area contributed by atoms with Crippen LogP contribution in [0.25, 0.3) is 0 Å². The predicted octanol–water partition coefficient (Wildman–Crippen LogP) is 1.24. The molecule has 0 aliphatic rings. The summed E-state index contributed by atoms with van der Waals surface area (Å²) in [6.07, 6.45) is 1.14. The number of aromatic amines is 1. The van der Waals surface area contributed by atoms with Crippen molar-refractivity contribution >= 4 is 16.0 Å². The lowest BCUT2D eigenvalue weighted by Crippen LogP contribution is -2.26. The monoisotopic (exact) mass is 310 g/mol. The van der Waals surface area contributed by atoms with E-state index >= 15 is 0 Å². The van der Waals surface area contributed by atoms with Crippen LogP contribution in [0, 0.1) is 0 Å². The first-order valence-corrected chi connectivity index (χ1v) is 7.40. The number of aromatic carboxylic acids is 1. The number of carboxylic acids is 1. The van der Waals surface area contributed by atoms with Crippen molar-refractivity contribution in [2.24, 2.45) is 0 Å². The van der Waals surface area contributed by atoms with Gasteiger partial charge in [0.1, 0.15) is 16.3 Å². The lowest BCUT2D eigenvalue weighted by Gasteiger charge is -2.16. The maximum Gasteiger partial charge on any atom is 0.352 e. The van der Waals surface area contributed by atoms with Crippen molar-refractivity contribution in [1.82, 2.24) is 9.29 Å². The van der Waals surface area contributed by atoms with Crippen LogP contribution in [0.2, 0.25) is 0 Å². The van der Waals surface area contributed by atoms with Crippen molar-refractivity contribution in [3.63, 3.8) is 0 Å². The number of aromatic nitrogens is 1. The molecule has 0 amide bonds. The maximum absolute atomic E-state index is 12.3. The molecule has 0 saturated carbocycles. The van der Waals surface area contributed by atoms with E-state index in [0.717, 1.165) is 16.6 Å². The molecular formula is C13H14N2O5S. The zero-order valence-electron chi connectivity index (χ0n) is 11.1. The Morgan fingerprint density at radius 3 is 2.62 bits per heavy atom. The number of phenolic OH excluding ortho intramolecular Hbond substituents is 1. The summed E-state index contributed by atoms with van der Waals surface area (Å²) in [5.74, 6) is -1.18. The van der Waals surface area contributed by atoms with Gasteiger partial charge in [-0.1, -0.05) is 12.1 Å². The summed E-state index contributed by atoms with van der Waals surface area (Å²) in [5, 5.41) is 18.2. The van der Waals surface area contributed by atoms with E-state index in [1.165, 1.54) is 19.2 Å². The quantitative estimate of drug-likeness (QED) is 0.769. The van der Waals surface area contributed by atoms with E-state index < -0.39 is 16.0 Å². The van der Waals surface area contributed by atoms with E-state index in [4.69, 9.17) is 5.11 Å². The maximum atomic E-state index is 12.3. The zero-order chi connectivity index (χ0) is 15.6. The summed E-state index contributed by atoms with van der Waals surface area (Å²) in [6, 6.07) is 7.32. The van der Waals surface area contributed by atoms with Crippen LogP contribution in [0.5, 0.6) is 5.75 Å². The Morgan fingerprint density at radius 1 is 1.33 bits per heavy atom. The van der Waals surface area contributed by atoms with Crippen LogP contribution in [0.1, 0.15) is 16.1 Å². The summed E-state index contributed by atoms with van der Waals surface area (Å²) in [7, 11) is -2.42. The van der Waals surface area contributed by atoms with Crippen molar-refractivity contribution in [1.29, 1.82) is 0 Å². The molecule has 112 valence electrons. The average molecular weight is 310 g/mol. The number of H-pyrrole nitrogens is 1. The molecule has 1 aromatic heterocycles. The van der Waals surface area contributed by atoms with Crippen molar-refractivity contribution < 1.29 is 23.4 Å². The number of nitrogens with one attached hydrogen (secondary N) is 1. The van der Waals surface area contributed by atoms with Crippen LogP contribution >= 0.6 is 0 Å². The van der Waals surface area contributed by atoms with Gasteiger partial charge in [0.2, 0.25) is 10.0 Å². The normalized spacial score (nSPS) is 11.7. The minimum Gasteiger partial charge on any atom is -0.508 e. The highest BCUT2D eigenvalue weighted by Crippen LogP contribution is 2.19. The molecule has 1 heterocycles. The van der Waals surface area contributed by atoms with E-state index in [-0.39, 0.29) is 22.9 Å². The first kappa shape index (κ1) is 15.1. The van der Waals surface area contributed by atoms with Crippen molar-refractivity contribution in [3.05, 3.63) is 47.8 Å². The van der Waals surface area contributed by atoms with Gasteiger partial charge in [0, 0.05) is 19.8 Å². The summed E-state index contributed by atoms with van der Waals surface area (Å²) >= 11 is 0. The Morgan fingerprint density at radius 2 is 2.05 bits per heavy atom. The van der Waals surface area contributed by atoms with Crippen LogP contribution < -0.4 is 0 Å². The molecule has 0 unspecified atom stereocenters. The minimum absolute atomic E-state index is 0.0492. The lowest BCUT2D eigenvalue weighted by atomic mass is 10.2. The van der Waals surface area contributed by atoms with Gasteiger partial charge in [0.15, 0.2) is 0 Å². The largest absolute Gasteiger partial charge is 0.508 e. The molecule has 2 aromatic rings. The molecule has 7 nitrogen and oxygen atoms in total. The number of hydrogen-bond acceptors (Lipinski definition) is 4. The minimum atomic E-state index is -3.81. The van der Waals surface area contributed by atoms with Crippen LogP contribution in [0.4, 0.5) is 0 Å². The van der Waals surface area contributed by atoms with E-state index in [0.29, 0.717) is 5.56 Å². The summed E-state index contributed by atoms with van der Waals surface area (Å²) in [4.78, 5) is 13.0. The third-order valence-corrected chi connectivity index (χ3v) is 4.69. The fraction of sp³-hybridized carbons (Fsp3) is 0.154. The van der Waals surface area contributed by atoms with Gasteiger partial charge in [-0.2, -0.15) is 4.31 Å². The van der Waals surface area contributed by atoms with Crippen LogP contribution in [-0.2, 0) is 16.6 Å². The molecule has 0 aliphatic heterocycles. The Hall–Kier alpha value is -2.32. The third kappa shape index (κ3) is 3.23. The van der Waals surface area contributed by atoms with Gasteiger partial charge < -0.3 is 15.2 Å². The topological polar surface area (TPSA) is 111 Å². The molecule has 0 bridgehead atoms. The molecule has 2 rings (SSSR count). The Labute approximate surface area is 121 Å². The smallest absolute Gasteiger partial charge is 0.352 e. The molecule has 0 atom stereocenters. The highest BCUT2D eigenvalue weighted by Gasteiger charge is 2.23.